The number of hydrogen-bond donors (Lipinski definition) is 1. The van der Waals surface area contributed by atoms with E-state index >= 15 is 0 Å². The van der Waals surface area contributed by atoms with Crippen molar-refractivity contribution in [2.45, 2.75) is 49.4 Å². The quantitative estimate of drug-likeness (QED) is 0.501. The van der Waals surface area contributed by atoms with E-state index in [1.54, 1.807) is 0 Å². The molecule has 3 aromatic rings. The maximum Gasteiger partial charge on any atom is 0.233 e. The van der Waals surface area contributed by atoms with Gasteiger partial charge in [-0.05, 0) is 43.0 Å². The first-order valence-corrected chi connectivity index (χ1v) is 12.1. The molecule has 3 heterocycles. The molecular weight excluding hydrogens is 438 g/mol. The van der Waals surface area contributed by atoms with Crippen LogP contribution in [0.2, 0.25) is 0 Å². The largest absolute Gasteiger partial charge is 0.454 e. The molecule has 1 aromatic heterocycles. The molecule has 1 amide bonds. The number of ether oxygens (including phenoxy) is 3. The first kappa shape index (κ1) is 21.9. The van der Waals surface area contributed by atoms with E-state index in [-0.39, 0.29) is 24.1 Å². The van der Waals surface area contributed by atoms with Gasteiger partial charge in [-0.15, -0.1) is 0 Å². The van der Waals surface area contributed by atoms with Gasteiger partial charge >= 0.3 is 0 Å². The predicted molar refractivity (Wildman–Crippen MR) is 126 cm³/mol. The van der Waals surface area contributed by atoms with Crippen molar-refractivity contribution in [2.75, 3.05) is 13.4 Å². The van der Waals surface area contributed by atoms with Gasteiger partial charge in [0.1, 0.15) is 0 Å². The molecule has 2 unspecified atom stereocenters. The Morgan fingerprint density at radius 2 is 2.06 bits per heavy atom. The van der Waals surface area contributed by atoms with E-state index in [4.69, 9.17) is 14.2 Å². The highest BCUT2D eigenvalue weighted by Crippen LogP contribution is 2.33. The predicted octanol–water partition coefficient (Wildman–Crippen LogP) is 4.25. The minimum atomic E-state index is -0.298. The fraction of sp³-hybridized carbons (Fsp3) is 0.360. The molecule has 7 nitrogen and oxygen atoms in total. The molecule has 172 valence electrons. The second-order valence-electron chi connectivity index (χ2n) is 8.20. The van der Waals surface area contributed by atoms with Crippen molar-refractivity contribution >= 4 is 17.7 Å². The summed E-state index contributed by atoms with van der Waals surface area (Å²) in [5.41, 5.74) is 3.12. The van der Waals surface area contributed by atoms with E-state index in [1.807, 2.05) is 49.5 Å². The molecule has 1 saturated heterocycles. The number of rotatable bonds is 8. The normalized spacial score (nSPS) is 17.8. The third-order valence-corrected chi connectivity index (χ3v) is 6.96. The van der Waals surface area contributed by atoms with Gasteiger partial charge in [0.2, 0.25) is 12.7 Å². The number of imidazole rings is 1. The summed E-state index contributed by atoms with van der Waals surface area (Å²) >= 11 is 1.47. The third-order valence-electron chi connectivity index (χ3n) is 5.85. The number of nitrogens with one attached hydrogen (secondary N) is 1. The molecule has 2 atom stereocenters. The molecule has 0 spiro atoms. The van der Waals surface area contributed by atoms with Crippen LogP contribution in [0.15, 0.2) is 59.9 Å². The summed E-state index contributed by atoms with van der Waals surface area (Å²) in [6.45, 7) is 4.12. The fourth-order valence-corrected chi connectivity index (χ4v) is 4.98. The molecule has 1 fully saturated rings. The molecule has 1 N–H and O–H groups in total. The number of carbonyl (C=O) groups is 1. The van der Waals surface area contributed by atoms with Crippen LogP contribution in [0.25, 0.3) is 11.3 Å². The Labute approximate surface area is 197 Å². The van der Waals surface area contributed by atoms with Crippen LogP contribution in [0.5, 0.6) is 11.5 Å². The Morgan fingerprint density at radius 1 is 1.21 bits per heavy atom. The minimum absolute atomic E-state index is 0.0365. The van der Waals surface area contributed by atoms with E-state index in [1.165, 1.54) is 11.8 Å². The van der Waals surface area contributed by atoms with Gasteiger partial charge in [0.15, 0.2) is 16.7 Å². The highest BCUT2D eigenvalue weighted by Gasteiger charge is 2.23. The maximum absolute atomic E-state index is 12.8. The Bertz CT molecular complexity index is 1110. The smallest absolute Gasteiger partial charge is 0.233 e. The Balaban J connectivity index is 1.27. The molecule has 2 aromatic carbocycles. The number of amides is 1. The number of nitrogens with zero attached hydrogens (tertiary/aromatic N) is 2. The summed E-state index contributed by atoms with van der Waals surface area (Å²) in [6.07, 6.45) is 4.20. The maximum atomic E-state index is 12.8. The van der Waals surface area contributed by atoms with Crippen molar-refractivity contribution in [1.29, 1.82) is 0 Å². The summed E-state index contributed by atoms with van der Waals surface area (Å²) < 4.78 is 18.8. The van der Waals surface area contributed by atoms with Gasteiger partial charge in [0, 0.05) is 13.2 Å². The number of benzene rings is 2. The lowest BCUT2D eigenvalue weighted by atomic mass is 10.1. The van der Waals surface area contributed by atoms with Crippen LogP contribution >= 0.6 is 11.8 Å². The minimum Gasteiger partial charge on any atom is -0.454 e. The average Bonchev–Trinajstić information content (AvgIpc) is 3.60. The van der Waals surface area contributed by atoms with E-state index in [0.29, 0.717) is 12.3 Å². The van der Waals surface area contributed by atoms with Gasteiger partial charge in [-0.2, -0.15) is 0 Å². The zero-order chi connectivity index (χ0) is 22.6. The molecule has 0 saturated carbocycles. The lowest BCUT2D eigenvalue weighted by molar-refractivity contribution is -0.120. The van der Waals surface area contributed by atoms with E-state index in [0.717, 1.165) is 53.7 Å². The second-order valence-corrected chi connectivity index (χ2v) is 9.51. The highest BCUT2D eigenvalue weighted by atomic mass is 32.2. The summed E-state index contributed by atoms with van der Waals surface area (Å²) in [5.74, 6) is 1.42. The standard InChI is InChI=1S/C25H27N3O4S/c1-17(24(29)26-13-18-9-10-22-23(12-18)32-16-31-22)33-25-27-14-21(19-6-3-2-4-7-19)28(25)15-20-8-5-11-30-20/h2-4,6-7,9-10,12,14,17,20H,5,8,11,13,15-16H2,1H3,(H,26,29). The van der Waals surface area contributed by atoms with Crippen LogP contribution in [0.1, 0.15) is 25.3 Å². The number of thioether (sulfide) groups is 1. The number of aromatic nitrogens is 2. The summed E-state index contributed by atoms with van der Waals surface area (Å²) in [4.78, 5) is 17.5. The lowest BCUT2D eigenvalue weighted by Crippen LogP contribution is -2.30. The van der Waals surface area contributed by atoms with E-state index < -0.39 is 0 Å². The van der Waals surface area contributed by atoms with Crippen molar-refractivity contribution in [2.24, 2.45) is 0 Å². The van der Waals surface area contributed by atoms with Crippen LogP contribution in [-0.2, 0) is 22.6 Å². The van der Waals surface area contributed by atoms with Crippen molar-refractivity contribution in [3.63, 3.8) is 0 Å². The van der Waals surface area contributed by atoms with Gasteiger partial charge in [-0.25, -0.2) is 4.98 Å². The SMILES string of the molecule is CC(Sc1ncc(-c2ccccc2)n1CC1CCCO1)C(=O)NCc1ccc2c(c1)OCO2. The Hall–Kier alpha value is -2.97. The van der Waals surface area contributed by atoms with Crippen molar-refractivity contribution in [1.82, 2.24) is 14.9 Å². The van der Waals surface area contributed by atoms with Crippen LogP contribution < -0.4 is 14.8 Å². The third kappa shape index (κ3) is 5.02. The number of hydrogen-bond acceptors (Lipinski definition) is 6. The molecule has 5 rings (SSSR count). The summed E-state index contributed by atoms with van der Waals surface area (Å²) in [7, 11) is 0. The molecule has 0 aliphatic carbocycles. The first-order valence-electron chi connectivity index (χ1n) is 11.2. The molecule has 33 heavy (non-hydrogen) atoms. The van der Waals surface area contributed by atoms with Crippen molar-refractivity contribution in [3.05, 3.63) is 60.3 Å². The van der Waals surface area contributed by atoms with Gasteiger partial charge in [0.25, 0.3) is 0 Å². The highest BCUT2D eigenvalue weighted by molar-refractivity contribution is 8.00. The Kier molecular flexibility index (Phi) is 6.55. The number of fused-ring (bicyclic) bond motifs is 1. The van der Waals surface area contributed by atoms with Crippen LogP contribution in [0.4, 0.5) is 0 Å². The topological polar surface area (TPSA) is 74.6 Å². The average molecular weight is 466 g/mol. The molecule has 2 aliphatic heterocycles. The van der Waals surface area contributed by atoms with Gasteiger partial charge in [-0.3, -0.25) is 4.79 Å². The molecule has 0 bridgehead atoms. The zero-order valence-electron chi connectivity index (χ0n) is 18.5. The second kappa shape index (κ2) is 9.89. The molecular formula is C25H27N3O4S. The van der Waals surface area contributed by atoms with Crippen LogP contribution in [0.3, 0.4) is 0 Å². The molecule has 8 heteroatoms. The molecule has 2 aliphatic rings. The zero-order valence-corrected chi connectivity index (χ0v) is 19.3. The van der Waals surface area contributed by atoms with Crippen molar-refractivity contribution < 1.29 is 19.0 Å². The van der Waals surface area contributed by atoms with Crippen LogP contribution in [-0.4, -0.2) is 40.2 Å². The van der Waals surface area contributed by atoms with E-state index in [9.17, 15) is 4.79 Å². The van der Waals surface area contributed by atoms with E-state index in [2.05, 4.69) is 27.0 Å². The summed E-state index contributed by atoms with van der Waals surface area (Å²) in [5, 5.41) is 3.55. The lowest BCUT2D eigenvalue weighted by Gasteiger charge is -2.18. The molecule has 0 radical (unpaired) electrons. The van der Waals surface area contributed by atoms with Crippen LogP contribution in [0, 0.1) is 0 Å². The Morgan fingerprint density at radius 3 is 2.88 bits per heavy atom. The fourth-order valence-electron chi connectivity index (χ4n) is 4.06. The van der Waals surface area contributed by atoms with Crippen molar-refractivity contribution in [3.8, 4) is 22.8 Å². The summed E-state index contributed by atoms with van der Waals surface area (Å²) in [6, 6.07) is 15.9. The van der Waals surface area contributed by atoms with Gasteiger partial charge in [-0.1, -0.05) is 48.2 Å². The number of carbonyl (C=O) groups excluding carboxylic acids is 1. The monoisotopic (exact) mass is 465 g/mol. The van der Waals surface area contributed by atoms with Gasteiger partial charge < -0.3 is 24.1 Å². The van der Waals surface area contributed by atoms with Gasteiger partial charge in [0.05, 0.1) is 29.8 Å². The first-order chi connectivity index (χ1) is 16.2.